The van der Waals surface area contributed by atoms with E-state index < -0.39 is 23.8 Å². The molecule has 0 saturated carbocycles. The van der Waals surface area contributed by atoms with E-state index in [1.54, 1.807) is 38.1 Å². The molecule has 134 valence electrons. The highest BCUT2D eigenvalue weighted by Gasteiger charge is 2.30. The predicted molar refractivity (Wildman–Crippen MR) is 90.4 cm³/mol. The Morgan fingerprint density at radius 1 is 1.00 bits per heavy atom. The van der Waals surface area contributed by atoms with Crippen LogP contribution in [-0.2, 0) is 35.0 Å². The summed E-state index contributed by atoms with van der Waals surface area (Å²) in [7, 11) is 0. The minimum Gasteiger partial charge on any atom is -0.465 e. The van der Waals surface area contributed by atoms with E-state index in [0.717, 1.165) is 0 Å². The van der Waals surface area contributed by atoms with Crippen LogP contribution in [0, 0.1) is 17.8 Å². The van der Waals surface area contributed by atoms with Crippen LogP contribution in [0.3, 0.4) is 0 Å². The van der Waals surface area contributed by atoms with Gasteiger partial charge in [0.15, 0.2) is 12.5 Å². The molecule has 0 N–H and O–H groups in total. The number of carbonyl (C=O) groups is 3. The van der Waals surface area contributed by atoms with E-state index in [1.165, 1.54) is 6.92 Å². The quantitative estimate of drug-likeness (QED) is 0.325. The van der Waals surface area contributed by atoms with Crippen molar-refractivity contribution in [2.45, 2.75) is 27.2 Å². The van der Waals surface area contributed by atoms with E-state index in [2.05, 4.69) is 11.8 Å². The van der Waals surface area contributed by atoms with Crippen molar-refractivity contribution in [2.75, 3.05) is 19.8 Å². The third kappa shape index (κ3) is 7.08. The molecule has 0 amide bonds. The highest BCUT2D eigenvalue weighted by atomic mass is 16.6. The molecule has 0 radical (unpaired) electrons. The molecule has 1 aromatic carbocycles. The van der Waals surface area contributed by atoms with Crippen LogP contribution >= 0.6 is 0 Å². The number of rotatable bonds is 7. The van der Waals surface area contributed by atoms with Crippen molar-refractivity contribution in [1.82, 2.24) is 0 Å². The van der Waals surface area contributed by atoms with E-state index in [1.807, 2.05) is 0 Å². The molecular formula is C19H22O6. The first-order valence-corrected chi connectivity index (χ1v) is 8.03. The van der Waals surface area contributed by atoms with Gasteiger partial charge in [0.05, 0.1) is 13.2 Å². The number of esters is 3. The second-order valence-electron chi connectivity index (χ2n) is 5.00. The van der Waals surface area contributed by atoms with E-state index in [9.17, 15) is 14.4 Å². The molecule has 0 aliphatic heterocycles. The van der Waals surface area contributed by atoms with Crippen LogP contribution in [0.5, 0.6) is 0 Å². The van der Waals surface area contributed by atoms with Gasteiger partial charge in [0.25, 0.3) is 0 Å². The van der Waals surface area contributed by atoms with Crippen molar-refractivity contribution in [1.29, 1.82) is 0 Å². The third-order valence-electron chi connectivity index (χ3n) is 3.15. The molecule has 0 atom stereocenters. The molecule has 0 spiro atoms. The summed E-state index contributed by atoms with van der Waals surface area (Å²) in [5, 5.41) is 0. The lowest BCUT2D eigenvalue weighted by Gasteiger charge is -2.15. The standard InChI is InChI=1S/C19H22O6/c1-4-23-18(21)17(19(22)24-5-2)13-16-10-7-6-9-15(16)11-8-12-25-14(3)20/h6-7,9-10,17H,4-5,12-13H2,1-3H3. The lowest BCUT2D eigenvalue weighted by Crippen LogP contribution is -2.30. The summed E-state index contributed by atoms with van der Waals surface area (Å²) >= 11 is 0. The Labute approximate surface area is 147 Å². The van der Waals surface area contributed by atoms with E-state index >= 15 is 0 Å². The summed E-state index contributed by atoms with van der Waals surface area (Å²) in [5.74, 6) is 2.92. The zero-order valence-electron chi connectivity index (χ0n) is 14.7. The number of benzene rings is 1. The Hall–Kier alpha value is -2.81. The van der Waals surface area contributed by atoms with Crippen LogP contribution < -0.4 is 0 Å². The average Bonchev–Trinajstić information content (AvgIpc) is 2.57. The first-order chi connectivity index (χ1) is 12.0. The highest BCUT2D eigenvalue weighted by Crippen LogP contribution is 2.16. The highest BCUT2D eigenvalue weighted by molar-refractivity contribution is 5.95. The molecule has 1 rings (SSSR count). The third-order valence-corrected chi connectivity index (χ3v) is 3.15. The predicted octanol–water partition coefficient (Wildman–Crippen LogP) is 1.89. The maximum absolute atomic E-state index is 12.1. The van der Waals surface area contributed by atoms with Gasteiger partial charge in [-0.2, -0.15) is 0 Å². The first-order valence-electron chi connectivity index (χ1n) is 8.03. The molecule has 6 heteroatoms. The zero-order valence-corrected chi connectivity index (χ0v) is 14.7. The molecule has 0 fully saturated rings. The van der Waals surface area contributed by atoms with Gasteiger partial charge in [0.1, 0.15) is 0 Å². The molecule has 25 heavy (non-hydrogen) atoms. The van der Waals surface area contributed by atoms with Crippen LogP contribution in [0.2, 0.25) is 0 Å². The van der Waals surface area contributed by atoms with Crippen LogP contribution in [0.1, 0.15) is 31.9 Å². The van der Waals surface area contributed by atoms with Crippen LogP contribution in [-0.4, -0.2) is 37.7 Å². The average molecular weight is 346 g/mol. The lowest BCUT2D eigenvalue weighted by atomic mass is 9.95. The Morgan fingerprint density at radius 2 is 1.60 bits per heavy atom. The molecule has 6 nitrogen and oxygen atoms in total. The molecular weight excluding hydrogens is 324 g/mol. The van der Waals surface area contributed by atoms with Crippen molar-refractivity contribution < 1.29 is 28.6 Å². The second kappa shape index (κ2) is 10.9. The Morgan fingerprint density at radius 3 is 2.16 bits per heavy atom. The SMILES string of the molecule is CCOC(=O)C(Cc1ccccc1C#CCOC(C)=O)C(=O)OCC. The maximum Gasteiger partial charge on any atom is 0.320 e. The Kier molecular flexibility index (Phi) is 8.80. The fourth-order valence-electron chi connectivity index (χ4n) is 2.06. The van der Waals surface area contributed by atoms with Crippen molar-refractivity contribution in [3.05, 3.63) is 35.4 Å². The van der Waals surface area contributed by atoms with Gasteiger partial charge in [-0.15, -0.1) is 0 Å². The number of carbonyl (C=O) groups excluding carboxylic acids is 3. The molecule has 0 aliphatic carbocycles. The van der Waals surface area contributed by atoms with Crippen molar-refractivity contribution >= 4 is 17.9 Å². The van der Waals surface area contributed by atoms with Gasteiger partial charge in [-0.1, -0.05) is 30.0 Å². The summed E-state index contributed by atoms with van der Waals surface area (Å²) in [4.78, 5) is 34.9. The van der Waals surface area contributed by atoms with Gasteiger partial charge >= 0.3 is 17.9 Å². The summed E-state index contributed by atoms with van der Waals surface area (Å²) in [6.45, 7) is 4.99. The van der Waals surface area contributed by atoms with E-state index in [-0.39, 0.29) is 26.2 Å². The normalized spacial score (nSPS) is 9.76. The fourth-order valence-corrected chi connectivity index (χ4v) is 2.06. The van der Waals surface area contributed by atoms with Gasteiger partial charge in [0, 0.05) is 12.5 Å². The summed E-state index contributed by atoms with van der Waals surface area (Å²) < 4.78 is 14.7. The van der Waals surface area contributed by atoms with E-state index in [4.69, 9.17) is 14.2 Å². The summed E-state index contributed by atoms with van der Waals surface area (Å²) in [6.07, 6.45) is 0.121. The monoisotopic (exact) mass is 346 g/mol. The Balaban J connectivity index is 2.98. The Bertz CT molecular complexity index is 650. The van der Waals surface area contributed by atoms with Gasteiger partial charge in [-0.3, -0.25) is 14.4 Å². The molecule has 0 bridgehead atoms. The van der Waals surface area contributed by atoms with Crippen LogP contribution in [0.15, 0.2) is 24.3 Å². The van der Waals surface area contributed by atoms with E-state index in [0.29, 0.717) is 11.1 Å². The van der Waals surface area contributed by atoms with Crippen LogP contribution in [0.25, 0.3) is 0 Å². The van der Waals surface area contributed by atoms with Crippen molar-refractivity contribution in [2.24, 2.45) is 5.92 Å². The first kappa shape index (κ1) is 20.2. The summed E-state index contributed by atoms with van der Waals surface area (Å²) in [5.41, 5.74) is 1.36. The lowest BCUT2D eigenvalue weighted by molar-refractivity contribution is -0.161. The zero-order chi connectivity index (χ0) is 18.7. The number of hydrogen-bond donors (Lipinski definition) is 0. The van der Waals surface area contributed by atoms with Gasteiger partial charge < -0.3 is 14.2 Å². The molecule has 0 heterocycles. The van der Waals surface area contributed by atoms with Gasteiger partial charge in [-0.25, -0.2) is 0 Å². The molecule has 0 saturated heterocycles. The summed E-state index contributed by atoms with van der Waals surface area (Å²) in [6, 6.07) is 7.13. The molecule has 0 aliphatic rings. The van der Waals surface area contributed by atoms with Gasteiger partial charge in [-0.05, 0) is 31.9 Å². The number of ether oxygens (including phenoxy) is 3. The maximum atomic E-state index is 12.1. The molecule has 0 unspecified atom stereocenters. The topological polar surface area (TPSA) is 78.9 Å². The second-order valence-corrected chi connectivity index (χ2v) is 5.00. The molecule has 1 aromatic rings. The van der Waals surface area contributed by atoms with Crippen molar-refractivity contribution in [3.8, 4) is 11.8 Å². The largest absolute Gasteiger partial charge is 0.465 e. The fraction of sp³-hybridized carbons (Fsp3) is 0.421. The van der Waals surface area contributed by atoms with Gasteiger partial charge in [0.2, 0.25) is 0 Å². The minimum absolute atomic E-state index is 0.0250. The smallest absolute Gasteiger partial charge is 0.320 e. The van der Waals surface area contributed by atoms with Crippen LogP contribution in [0.4, 0.5) is 0 Å². The molecule has 0 aromatic heterocycles. The van der Waals surface area contributed by atoms with Crippen molar-refractivity contribution in [3.63, 3.8) is 0 Å². The number of hydrogen-bond acceptors (Lipinski definition) is 6. The minimum atomic E-state index is -1.05.